The van der Waals surface area contributed by atoms with Gasteiger partial charge in [0.1, 0.15) is 22.2 Å². The molecule has 0 aliphatic heterocycles. The largest absolute Gasteiger partial charge is 0.464 e. The fourth-order valence-electron chi connectivity index (χ4n) is 2.00. The van der Waals surface area contributed by atoms with Gasteiger partial charge in [-0.25, -0.2) is 12.8 Å². The molecule has 0 saturated heterocycles. The molecule has 0 aliphatic carbocycles. The first-order chi connectivity index (χ1) is 9.86. The lowest BCUT2D eigenvalue weighted by molar-refractivity contribution is 0.449. The number of halogens is 1. The summed E-state index contributed by atoms with van der Waals surface area (Å²) in [4.78, 5) is 0.0572. The summed E-state index contributed by atoms with van der Waals surface area (Å²) in [7, 11) is -2.36. The summed E-state index contributed by atoms with van der Waals surface area (Å²) in [5, 5.41) is 0. The number of hydrogen-bond acceptors (Lipinski definition) is 4. The first kappa shape index (κ1) is 15.7. The van der Waals surface area contributed by atoms with Crippen molar-refractivity contribution in [3.8, 4) is 0 Å². The first-order valence-corrected chi connectivity index (χ1v) is 7.79. The maximum absolute atomic E-state index is 13.6. The fourth-order valence-corrected chi connectivity index (χ4v) is 3.33. The van der Waals surface area contributed by atoms with Gasteiger partial charge in [0.2, 0.25) is 10.0 Å². The van der Waals surface area contributed by atoms with Crippen molar-refractivity contribution < 1.29 is 17.2 Å². The molecular formula is C14H17FN2O3S. The van der Waals surface area contributed by atoms with E-state index in [0.717, 1.165) is 4.31 Å². The Balaban J connectivity index is 2.30. The van der Waals surface area contributed by atoms with Crippen LogP contribution >= 0.6 is 0 Å². The van der Waals surface area contributed by atoms with Gasteiger partial charge in [-0.3, -0.25) is 0 Å². The van der Waals surface area contributed by atoms with Gasteiger partial charge in [0, 0.05) is 25.2 Å². The molecule has 0 saturated carbocycles. The van der Waals surface area contributed by atoms with Crippen LogP contribution in [-0.2, 0) is 23.1 Å². The molecule has 2 N–H and O–H groups in total. The molecule has 21 heavy (non-hydrogen) atoms. The fraction of sp³-hybridized carbons (Fsp3) is 0.286. The third-order valence-corrected chi connectivity index (χ3v) is 5.07. The second kappa shape index (κ2) is 5.97. The van der Waals surface area contributed by atoms with E-state index in [1.807, 2.05) is 0 Å². The minimum atomic E-state index is -3.76. The molecule has 0 amide bonds. The van der Waals surface area contributed by atoms with E-state index in [2.05, 4.69) is 0 Å². The van der Waals surface area contributed by atoms with E-state index in [0.29, 0.717) is 11.3 Å². The minimum absolute atomic E-state index is 0.0572. The van der Waals surface area contributed by atoms with Crippen molar-refractivity contribution in [2.45, 2.75) is 24.9 Å². The van der Waals surface area contributed by atoms with Crippen LogP contribution in [0.2, 0.25) is 0 Å². The van der Waals surface area contributed by atoms with E-state index in [9.17, 15) is 12.8 Å². The Morgan fingerprint density at radius 2 is 2.00 bits per heavy atom. The SMILES string of the molecule is Cc1oc(CN)cc1S(=O)(=O)N(C)Cc1ccccc1F. The van der Waals surface area contributed by atoms with Crippen LogP contribution in [0.15, 0.2) is 39.6 Å². The van der Waals surface area contributed by atoms with Gasteiger partial charge < -0.3 is 10.2 Å². The van der Waals surface area contributed by atoms with E-state index in [-0.39, 0.29) is 23.7 Å². The summed E-state index contributed by atoms with van der Waals surface area (Å²) >= 11 is 0. The average molecular weight is 312 g/mol. The minimum Gasteiger partial charge on any atom is -0.464 e. The van der Waals surface area contributed by atoms with Crippen LogP contribution in [0.25, 0.3) is 0 Å². The van der Waals surface area contributed by atoms with Crippen molar-refractivity contribution in [3.63, 3.8) is 0 Å². The van der Waals surface area contributed by atoms with E-state index >= 15 is 0 Å². The Bertz CT molecular complexity index is 740. The van der Waals surface area contributed by atoms with E-state index in [1.165, 1.54) is 19.2 Å². The topological polar surface area (TPSA) is 76.5 Å². The van der Waals surface area contributed by atoms with Crippen molar-refractivity contribution in [3.05, 3.63) is 53.2 Å². The van der Waals surface area contributed by atoms with Gasteiger partial charge in [-0.05, 0) is 13.0 Å². The standard InChI is InChI=1S/C14H17FN2O3S/c1-10-14(7-12(8-16)20-10)21(18,19)17(2)9-11-5-3-4-6-13(11)15/h3-7H,8-9,16H2,1-2H3. The highest BCUT2D eigenvalue weighted by molar-refractivity contribution is 7.89. The molecule has 2 aromatic rings. The molecule has 0 fully saturated rings. The smallest absolute Gasteiger partial charge is 0.246 e. The zero-order chi connectivity index (χ0) is 15.6. The van der Waals surface area contributed by atoms with Crippen LogP contribution < -0.4 is 5.73 Å². The molecule has 0 radical (unpaired) electrons. The van der Waals surface area contributed by atoms with Gasteiger partial charge in [0.25, 0.3) is 0 Å². The molecule has 114 valence electrons. The van der Waals surface area contributed by atoms with E-state index in [4.69, 9.17) is 10.2 Å². The normalized spacial score (nSPS) is 12.0. The zero-order valence-electron chi connectivity index (χ0n) is 11.8. The zero-order valence-corrected chi connectivity index (χ0v) is 12.7. The van der Waals surface area contributed by atoms with Crippen LogP contribution in [-0.4, -0.2) is 19.8 Å². The Labute approximate surface area is 123 Å². The molecule has 1 aromatic heterocycles. The summed E-state index contributed by atoms with van der Waals surface area (Å²) in [5.74, 6) is 0.229. The molecule has 0 atom stereocenters. The van der Waals surface area contributed by atoms with Crippen LogP contribution in [0.5, 0.6) is 0 Å². The van der Waals surface area contributed by atoms with E-state index in [1.54, 1.807) is 25.1 Å². The molecule has 5 nitrogen and oxygen atoms in total. The Hall–Kier alpha value is -1.70. The van der Waals surface area contributed by atoms with Crippen LogP contribution in [0.1, 0.15) is 17.1 Å². The number of hydrogen-bond donors (Lipinski definition) is 1. The first-order valence-electron chi connectivity index (χ1n) is 6.35. The average Bonchev–Trinajstić information content (AvgIpc) is 2.83. The van der Waals surface area contributed by atoms with Crippen molar-refractivity contribution in [2.75, 3.05) is 7.05 Å². The summed E-state index contributed by atoms with van der Waals surface area (Å²) in [6.07, 6.45) is 0. The number of nitrogens with two attached hydrogens (primary N) is 1. The maximum Gasteiger partial charge on any atom is 0.246 e. The number of sulfonamides is 1. The van der Waals surface area contributed by atoms with Gasteiger partial charge in [0.15, 0.2) is 0 Å². The Morgan fingerprint density at radius 3 is 2.57 bits per heavy atom. The van der Waals surface area contributed by atoms with Crippen molar-refractivity contribution in [2.24, 2.45) is 5.73 Å². The number of furan rings is 1. The van der Waals surface area contributed by atoms with Crippen molar-refractivity contribution in [1.82, 2.24) is 4.31 Å². The highest BCUT2D eigenvalue weighted by Gasteiger charge is 2.26. The lowest BCUT2D eigenvalue weighted by atomic mass is 10.2. The third-order valence-electron chi connectivity index (χ3n) is 3.16. The number of aryl methyl sites for hydroxylation is 1. The quantitative estimate of drug-likeness (QED) is 0.916. The lowest BCUT2D eigenvalue weighted by Crippen LogP contribution is -2.27. The van der Waals surface area contributed by atoms with Crippen LogP contribution in [0.3, 0.4) is 0 Å². The lowest BCUT2D eigenvalue weighted by Gasteiger charge is -2.17. The molecule has 0 spiro atoms. The molecular weight excluding hydrogens is 295 g/mol. The van der Waals surface area contributed by atoms with Gasteiger partial charge in [-0.2, -0.15) is 4.31 Å². The number of benzene rings is 1. The summed E-state index contributed by atoms with van der Waals surface area (Å²) in [6.45, 7) is 1.62. The van der Waals surface area contributed by atoms with Gasteiger partial charge >= 0.3 is 0 Å². The highest BCUT2D eigenvalue weighted by atomic mass is 32.2. The predicted molar refractivity (Wildman–Crippen MR) is 76.4 cm³/mol. The second-order valence-corrected chi connectivity index (χ2v) is 6.70. The molecule has 0 bridgehead atoms. The second-order valence-electron chi connectivity index (χ2n) is 4.69. The molecule has 1 heterocycles. The van der Waals surface area contributed by atoms with Crippen LogP contribution in [0.4, 0.5) is 4.39 Å². The highest BCUT2D eigenvalue weighted by Crippen LogP contribution is 2.24. The predicted octanol–water partition coefficient (Wildman–Crippen LogP) is 2.01. The molecule has 7 heteroatoms. The van der Waals surface area contributed by atoms with Gasteiger partial charge in [-0.15, -0.1) is 0 Å². The molecule has 0 unspecified atom stereocenters. The number of nitrogens with zero attached hydrogens (tertiary/aromatic N) is 1. The molecule has 0 aliphatic rings. The Kier molecular flexibility index (Phi) is 4.46. The van der Waals surface area contributed by atoms with Crippen LogP contribution in [0, 0.1) is 12.7 Å². The van der Waals surface area contributed by atoms with E-state index < -0.39 is 15.8 Å². The number of rotatable bonds is 5. The summed E-state index contributed by atoms with van der Waals surface area (Å²) < 4.78 is 45.0. The molecule has 1 aromatic carbocycles. The maximum atomic E-state index is 13.6. The third kappa shape index (κ3) is 3.15. The summed E-state index contributed by atoms with van der Waals surface area (Å²) in [5.41, 5.74) is 5.75. The van der Waals surface area contributed by atoms with Gasteiger partial charge in [0.05, 0.1) is 6.54 Å². The van der Waals surface area contributed by atoms with Crippen molar-refractivity contribution >= 4 is 10.0 Å². The van der Waals surface area contributed by atoms with Gasteiger partial charge in [-0.1, -0.05) is 18.2 Å². The Morgan fingerprint density at radius 1 is 1.33 bits per heavy atom. The monoisotopic (exact) mass is 312 g/mol. The summed E-state index contributed by atoms with van der Waals surface area (Å²) in [6, 6.07) is 7.47. The molecule has 2 rings (SSSR count). The van der Waals surface area contributed by atoms with Crippen molar-refractivity contribution in [1.29, 1.82) is 0 Å².